The highest BCUT2D eigenvalue weighted by Crippen LogP contribution is 2.23. The molecular weight excluding hydrogens is 258 g/mol. The lowest BCUT2D eigenvalue weighted by atomic mass is 10.2. The Morgan fingerprint density at radius 3 is 2.50 bits per heavy atom. The van der Waals surface area contributed by atoms with Gasteiger partial charge in [-0.05, 0) is 39.3 Å². The standard InChI is InChI=1S/C14H25N3O3/c1-16-8-4-7-12(16)9-15-14(20)17(10-13(18)19)11-5-2-3-6-11/h11-12H,2-10H2,1H3,(H,15,20)(H,18,19). The molecule has 0 spiro atoms. The van der Waals surface area contributed by atoms with E-state index in [1.807, 2.05) is 0 Å². The summed E-state index contributed by atoms with van der Waals surface area (Å²) < 4.78 is 0. The third kappa shape index (κ3) is 3.85. The number of urea groups is 1. The molecule has 1 heterocycles. The van der Waals surface area contributed by atoms with Crippen LogP contribution in [0.3, 0.4) is 0 Å². The number of likely N-dealkylation sites (N-methyl/N-ethyl adjacent to an activating group) is 1. The lowest BCUT2D eigenvalue weighted by molar-refractivity contribution is -0.138. The van der Waals surface area contributed by atoms with Crippen LogP contribution in [-0.2, 0) is 4.79 Å². The number of carboxylic acid groups (broad SMARTS) is 1. The number of likely N-dealkylation sites (tertiary alicyclic amines) is 1. The van der Waals surface area contributed by atoms with Crippen LogP contribution >= 0.6 is 0 Å². The van der Waals surface area contributed by atoms with Gasteiger partial charge in [-0.2, -0.15) is 0 Å². The molecule has 1 aliphatic heterocycles. The summed E-state index contributed by atoms with van der Waals surface area (Å²) >= 11 is 0. The molecule has 0 aromatic carbocycles. The van der Waals surface area contributed by atoms with E-state index in [0.29, 0.717) is 12.6 Å². The van der Waals surface area contributed by atoms with Crippen molar-refractivity contribution in [3.8, 4) is 0 Å². The number of carboxylic acids is 1. The van der Waals surface area contributed by atoms with E-state index in [2.05, 4.69) is 17.3 Å². The summed E-state index contributed by atoms with van der Waals surface area (Å²) in [6, 6.07) is 0.251. The number of hydrogen-bond donors (Lipinski definition) is 2. The van der Waals surface area contributed by atoms with Crippen molar-refractivity contribution in [1.29, 1.82) is 0 Å². The van der Waals surface area contributed by atoms with Crippen molar-refractivity contribution in [3.63, 3.8) is 0 Å². The third-order valence-corrected chi connectivity index (χ3v) is 4.49. The summed E-state index contributed by atoms with van der Waals surface area (Å²) in [6.07, 6.45) is 6.27. The van der Waals surface area contributed by atoms with Gasteiger partial charge < -0.3 is 20.2 Å². The predicted octanol–water partition coefficient (Wildman–Crippen LogP) is 1.12. The lowest BCUT2D eigenvalue weighted by Crippen LogP contribution is -2.50. The smallest absolute Gasteiger partial charge is 0.323 e. The molecule has 6 nitrogen and oxygen atoms in total. The number of nitrogens with zero attached hydrogens (tertiary/aromatic N) is 2. The lowest BCUT2D eigenvalue weighted by Gasteiger charge is -2.29. The molecule has 2 amide bonds. The number of nitrogens with one attached hydrogen (secondary N) is 1. The number of amides is 2. The quantitative estimate of drug-likeness (QED) is 0.793. The van der Waals surface area contributed by atoms with E-state index >= 15 is 0 Å². The van der Waals surface area contributed by atoms with Crippen LogP contribution in [0.15, 0.2) is 0 Å². The van der Waals surface area contributed by atoms with Crippen molar-refractivity contribution in [3.05, 3.63) is 0 Å². The zero-order valence-electron chi connectivity index (χ0n) is 12.2. The molecule has 0 aromatic heterocycles. The van der Waals surface area contributed by atoms with Crippen LogP contribution in [0.1, 0.15) is 38.5 Å². The highest BCUT2D eigenvalue weighted by molar-refractivity contribution is 5.80. The minimum Gasteiger partial charge on any atom is -0.480 e. The first-order chi connectivity index (χ1) is 9.58. The zero-order chi connectivity index (χ0) is 14.5. The molecule has 0 bridgehead atoms. The molecule has 0 aromatic rings. The van der Waals surface area contributed by atoms with E-state index in [1.165, 1.54) is 11.3 Å². The summed E-state index contributed by atoms with van der Waals surface area (Å²) in [4.78, 5) is 27.0. The first-order valence-corrected chi connectivity index (χ1v) is 7.54. The van der Waals surface area contributed by atoms with Crippen LogP contribution in [0.5, 0.6) is 0 Å². The van der Waals surface area contributed by atoms with Crippen LogP contribution in [-0.4, -0.2) is 65.7 Å². The van der Waals surface area contributed by atoms with Gasteiger partial charge in [-0.25, -0.2) is 4.79 Å². The molecule has 6 heteroatoms. The Morgan fingerprint density at radius 1 is 1.25 bits per heavy atom. The topological polar surface area (TPSA) is 72.9 Å². The van der Waals surface area contributed by atoms with Crippen molar-refractivity contribution in [2.24, 2.45) is 0 Å². The Bertz CT molecular complexity index is 356. The van der Waals surface area contributed by atoms with Crippen LogP contribution in [0.25, 0.3) is 0 Å². The maximum absolute atomic E-state index is 12.3. The van der Waals surface area contributed by atoms with E-state index in [4.69, 9.17) is 5.11 Å². The summed E-state index contributed by atoms with van der Waals surface area (Å²) in [5, 5.41) is 11.9. The van der Waals surface area contributed by atoms with E-state index in [0.717, 1.165) is 38.6 Å². The van der Waals surface area contributed by atoms with E-state index in [1.54, 1.807) is 0 Å². The fourth-order valence-electron chi connectivity index (χ4n) is 3.27. The Hall–Kier alpha value is -1.30. The molecule has 2 rings (SSSR count). The van der Waals surface area contributed by atoms with Gasteiger partial charge in [0.05, 0.1) is 0 Å². The second-order valence-electron chi connectivity index (χ2n) is 5.92. The molecule has 2 aliphatic rings. The summed E-state index contributed by atoms with van der Waals surface area (Å²) in [7, 11) is 2.07. The molecule has 114 valence electrons. The van der Waals surface area contributed by atoms with Crippen LogP contribution in [0.2, 0.25) is 0 Å². The monoisotopic (exact) mass is 283 g/mol. The summed E-state index contributed by atoms with van der Waals surface area (Å²) in [5.74, 6) is -0.940. The second kappa shape index (κ2) is 6.92. The number of carbonyl (C=O) groups excluding carboxylic acids is 1. The van der Waals surface area contributed by atoms with Crippen molar-refractivity contribution in [2.45, 2.75) is 50.6 Å². The second-order valence-corrected chi connectivity index (χ2v) is 5.92. The molecule has 2 N–H and O–H groups in total. The predicted molar refractivity (Wildman–Crippen MR) is 75.6 cm³/mol. The summed E-state index contributed by atoms with van der Waals surface area (Å²) in [6.45, 7) is 1.48. The Kier molecular flexibility index (Phi) is 5.23. The molecule has 1 saturated heterocycles. The maximum Gasteiger partial charge on any atom is 0.323 e. The maximum atomic E-state index is 12.3. The SMILES string of the molecule is CN1CCCC1CNC(=O)N(CC(=O)O)C1CCCC1. The van der Waals surface area contributed by atoms with Crippen LogP contribution in [0, 0.1) is 0 Å². The van der Waals surface area contributed by atoms with Gasteiger partial charge in [0.2, 0.25) is 0 Å². The van der Waals surface area contributed by atoms with Crippen LogP contribution in [0.4, 0.5) is 4.79 Å². The Morgan fingerprint density at radius 2 is 1.95 bits per heavy atom. The molecule has 20 heavy (non-hydrogen) atoms. The van der Waals surface area contributed by atoms with E-state index in [9.17, 15) is 9.59 Å². The van der Waals surface area contributed by atoms with E-state index in [-0.39, 0.29) is 18.6 Å². The van der Waals surface area contributed by atoms with Crippen molar-refractivity contribution < 1.29 is 14.7 Å². The van der Waals surface area contributed by atoms with Gasteiger partial charge in [0.25, 0.3) is 0 Å². The number of carbonyl (C=O) groups is 2. The minimum absolute atomic E-state index is 0.0902. The molecule has 1 saturated carbocycles. The molecular formula is C14H25N3O3. The largest absolute Gasteiger partial charge is 0.480 e. The van der Waals surface area contributed by atoms with Gasteiger partial charge in [0.1, 0.15) is 6.54 Å². The molecule has 1 atom stereocenters. The average molecular weight is 283 g/mol. The Labute approximate surface area is 120 Å². The van der Waals surface area contributed by atoms with Crippen LogP contribution < -0.4 is 5.32 Å². The fraction of sp³-hybridized carbons (Fsp3) is 0.857. The van der Waals surface area contributed by atoms with Gasteiger partial charge in [-0.1, -0.05) is 12.8 Å². The highest BCUT2D eigenvalue weighted by atomic mass is 16.4. The Balaban J connectivity index is 1.86. The molecule has 1 unspecified atom stereocenters. The minimum atomic E-state index is -0.940. The molecule has 0 radical (unpaired) electrons. The van der Waals surface area contributed by atoms with Crippen molar-refractivity contribution in [2.75, 3.05) is 26.7 Å². The normalized spacial score (nSPS) is 23.9. The number of rotatable bonds is 5. The molecule has 1 aliphatic carbocycles. The highest BCUT2D eigenvalue weighted by Gasteiger charge is 2.29. The fourth-order valence-corrected chi connectivity index (χ4v) is 3.27. The average Bonchev–Trinajstić information content (AvgIpc) is 3.04. The number of hydrogen-bond acceptors (Lipinski definition) is 3. The van der Waals surface area contributed by atoms with Gasteiger partial charge in [-0.15, -0.1) is 0 Å². The van der Waals surface area contributed by atoms with Crippen molar-refractivity contribution in [1.82, 2.24) is 15.1 Å². The van der Waals surface area contributed by atoms with Gasteiger partial charge in [0, 0.05) is 18.6 Å². The first kappa shape index (κ1) is 15.1. The van der Waals surface area contributed by atoms with E-state index < -0.39 is 5.97 Å². The first-order valence-electron chi connectivity index (χ1n) is 7.54. The van der Waals surface area contributed by atoms with Gasteiger partial charge >= 0.3 is 12.0 Å². The van der Waals surface area contributed by atoms with Crippen molar-refractivity contribution >= 4 is 12.0 Å². The zero-order valence-corrected chi connectivity index (χ0v) is 12.2. The summed E-state index contributed by atoms with van der Waals surface area (Å²) in [5.41, 5.74) is 0. The van der Waals surface area contributed by atoms with Gasteiger partial charge in [-0.3, -0.25) is 4.79 Å². The number of aliphatic carboxylic acids is 1. The molecule has 2 fully saturated rings. The van der Waals surface area contributed by atoms with Gasteiger partial charge in [0.15, 0.2) is 0 Å². The third-order valence-electron chi connectivity index (χ3n) is 4.49.